The second kappa shape index (κ2) is 7.95. The highest BCUT2D eigenvalue weighted by molar-refractivity contribution is 6.20. The number of esters is 1. The van der Waals surface area contributed by atoms with Gasteiger partial charge in [0.2, 0.25) is 11.8 Å². The molecule has 7 nitrogen and oxygen atoms in total. The van der Waals surface area contributed by atoms with E-state index in [-0.39, 0.29) is 41.6 Å². The molecule has 1 saturated heterocycles. The Labute approximate surface area is 157 Å². The molecule has 144 valence electrons. The van der Waals surface area contributed by atoms with Crippen LogP contribution in [0.25, 0.3) is 0 Å². The summed E-state index contributed by atoms with van der Waals surface area (Å²) >= 11 is 0. The van der Waals surface area contributed by atoms with E-state index in [0.717, 1.165) is 17.0 Å². The highest BCUT2D eigenvalue weighted by Gasteiger charge is 2.30. The van der Waals surface area contributed by atoms with E-state index in [1.54, 1.807) is 0 Å². The highest BCUT2D eigenvalue weighted by atomic mass is 19.1. The van der Waals surface area contributed by atoms with E-state index < -0.39 is 30.1 Å². The monoisotopic (exact) mass is 388 g/mol. The van der Waals surface area contributed by atoms with Gasteiger partial charge in [0.15, 0.2) is 6.61 Å². The number of benzene rings is 2. The van der Waals surface area contributed by atoms with Gasteiger partial charge >= 0.3 is 5.97 Å². The van der Waals surface area contributed by atoms with Gasteiger partial charge < -0.3 is 10.1 Å². The molecule has 0 aliphatic carbocycles. The van der Waals surface area contributed by atoms with Crippen LogP contribution in [-0.4, -0.2) is 30.3 Å². The van der Waals surface area contributed by atoms with E-state index in [1.165, 1.54) is 24.3 Å². The molecule has 1 heterocycles. The van der Waals surface area contributed by atoms with E-state index in [4.69, 9.17) is 4.74 Å². The SMILES string of the molecule is O=C(COC(=O)c1cccc(N2C(=O)CCC2=O)c1)Nc1cc(F)cc(F)c1. The van der Waals surface area contributed by atoms with Crippen LogP contribution in [0.3, 0.4) is 0 Å². The van der Waals surface area contributed by atoms with Crippen molar-refractivity contribution >= 4 is 35.1 Å². The van der Waals surface area contributed by atoms with E-state index in [9.17, 15) is 28.0 Å². The molecule has 0 spiro atoms. The Morgan fingerprint density at radius 3 is 2.29 bits per heavy atom. The number of amides is 3. The Kier molecular flexibility index (Phi) is 5.44. The fourth-order valence-corrected chi connectivity index (χ4v) is 2.67. The normalized spacial score (nSPS) is 13.6. The van der Waals surface area contributed by atoms with Crippen LogP contribution in [0.15, 0.2) is 42.5 Å². The quantitative estimate of drug-likeness (QED) is 0.627. The third kappa shape index (κ3) is 4.37. The molecule has 1 aliphatic heterocycles. The summed E-state index contributed by atoms with van der Waals surface area (Å²) in [7, 11) is 0. The van der Waals surface area contributed by atoms with Crippen molar-refractivity contribution in [2.24, 2.45) is 0 Å². The third-order valence-corrected chi connectivity index (χ3v) is 3.87. The largest absolute Gasteiger partial charge is 0.452 e. The van der Waals surface area contributed by atoms with Gasteiger partial charge in [-0.05, 0) is 30.3 Å². The number of rotatable bonds is 5. The minimum Gasteiger partial charge on any atom is -0.452 e. The minimum atomic E-state index is -0.866. The van der Waals surface area contributed by atoms with Gasteiger partial charge in [-0.1, -0.05) is 6.07 Å². The molecule has 0 unspecified atom stereocenters. The second-order valence-corrected chi connectivity index (χ2v) is 5.96. The number of anilines is 2. The Bertz CT molecular complexity index is 940. The molecule has 0 radical (unpaired) electrons. The summed E-state index contributed by atoms with van der Waals surface area (Å²) in [5.41, 5.74) is 0.155. The fraction of sp³-hybridized carbons (Fsp3) is 0.158. The summed E-state index contributed by atoms with van der Waals surface area (Å²) in [6.07, 6.45) is 0.211. The Balaban J connectivity index is 1.62. The summed E-state index contributed by atoms with van der Waals surface area (Å²) < 4.78 is 31.1. The van der Waals surface area contributed by atoms with E-state index in [0.29, 0.717) is 6.07 Å². The lowest BCUT2D eigenvalue weighted by Crippen LogP contribution is -2.28. The van der Waals surface area contributed by atoms with Crippen LogP contribution in [0.4, 0.5) is 20.2 Å². The van der Waals surface area contributed by atoms with Crippen molar-refractivity contribution in [1.82, 2.24) is 0 Å². The van der Waals surface area contributed by atoms with Gasteiger partial charge in [-0.15, -0.1) is 0 Å². The predicted octanol–water partition coefficient (Wildman–Crippen LogP) is 2.41. The molecule has 2 aromatic rings. The zero-order chi connectivity index (χ0) is 20.3. The van der Waals surface area contributed by atoms with Crippen molar-refractivity contribution < 1.29 is 32.7 Å². The molecule has 3 rings (SSSR count). The number of carbonyl (C=O) groups is 4. The fourth-order valence-electron chi connectivity index (χ4n) is 2.67. The second-order valence-electron chi connectivity index (χ2n) is 5.96. The van der Waals surface area contributed by atoms with Crippen LogP contribution in [-0.2, 0) is 19.1 Å². The summed E-state index contributed by atoms with van der Waals surface area (Å²) in [5.74, 6) is -4.11. The summed E-state index contributed by atoms with van der Waals surface area (Å²) in [6.45, 7) is -0.692. The van der Waals surface area contributed by atoms with E-state index in [2.05, 4.69) is 5.32 Å². The number of halogens is 2. The first kappa shape index (κ1) is 19.2. The number of ether oxygens (including phenoxy) is 1. The molecule has 1 N–H and O–H groups in total. The maximum absolute atomic E-state index is 13.1. The van der Waals surface area contributed by atoms with Gasteiger partial charge in [0, 0.05) is 24.6 Å². The Hall–Kier alpha value is -3.62. The van der Waals surface area contributed by atoms with Crippen LogP contribution in [0.2, 0.25) is 0 Å². The van der Waals surface area contributed by atoms with Gasteiger partial charge in [-0.25, -0.2) is 13.6 Å². The third-order valence-electron chi connectivity index (χ3n) is 3.87. The zero-order valence-corrected chi connectivity index (χ0v) is 14.4. The van der Waals surface area contributed by atoms with Gasteiger partial charge in [0.1, 0.15) is 11.6 Å². The van der Waals surface area contributed by atoms with Crippen LogP contribution in [0.1, 0.15) is 23.2 Å². The first-order valence-electron chi connectivity index (χ1n) is 8.22. The number of nitrogens with one attached hydrogen (secondary N) is 1. The first-order valence-corrected chi connectivity index (χ1v) is 8.22. The minimum absolute atomic E-state index is 0.0367. The molecule has 1 aliphatic rings. The maximum atomic E-state index is 13.1. The summed E-state index contributed by atoms with van der Waals surface area (Å²) in [6, 6.07) is 8.16. The zero-order valence-electron chi connectivity index (χ0n) is 14.4. The summed E-state index contributed by atoms with van der Waals surface area (Å²) in [5, 5.41) is 2.20. The lowest BCUT2D eigenvalue weighted by molar-refractivity contribution is -0.121. The molecule has 3 amide bonds. The van der Waals surface area contributed by atoms with Crippen LogP contribution >= 0.6 is 0 Å². The smallest absolute Gasteiger partial charge is 0.338 e. The van der Waals surface area contributed by atoms with Crippen LogP contribution in [0, 0.1) is 11.6 Å². The molecule has 0 saturated carbocycles. The molecule has 0 bridgehead atoms. The molecule has 1 fully saturated rings. The molecule has 0 atom stereocenters. The molecule has 2 aromatic carbocycles. The average Bonchev–Trinajstić information content (AvgIpc) is 2.97. The Morgan fingerprint density at radius 1 is 1.00 bits per heavy atom. The Morgan fingerprint density at radius 2 is 1.64 bits per heavy atom. The van der Waals surface area contributed by atoms with Gasteiger partial charge in [-0.3, -0.25) is 19.3 Å². The van der Waals surface area contributed by atoms with Gasteiger partial charge in [-0.2, -0.15) is 0 Å². The number of imide groups is 1. The predicted molar refractivity (Wildman–Crippen MR) is 93.4 cm³/mol. The van der Waals surface area contributed by atoms with Crippen molar-refractivity contribution in [1.29, 1.82) is 0 Å². The first-order chi connectivity index (χ1) is 13.3. The van der Waals surface area contributed by atoms with Crippen molar-refractivity contribution in [3.05, 3.63) is 59.7 Å². The van der Waals surface area contributed by atoms with Crippen molar-refractivity contribution in [2.45, 2.75) is 12.8 Å². The molecule has 9 heteroatoms. The van der Waals surface area contributed by atoms with Crippen LogP contribution in [0.5, 0.6) is 0 Å². The van der Waals surface area contributed by atoms with Crippen LogP contribution < -0.4 is 10.2 Å². The number of hydrogen-bond acceptors (Lipinski definition) is 5. The lowest BCUT2D eigenvalue weighted by Gasteiger charge is -2.14. The van der Waals surface area contributed by atoms with Crippen molar-refractivity contribution in [3.63, 3.8) is 0 Å². The van der Waals surface area contributed by atoms with Crippen molar-refractivity contribution in [2.75, 3.05) is 16.8 Å². The maximum Gasteiger partial charge on any atom is 0.338 e. The number of carbonyl (C=O) groups excluding carboxylic acids is 4. The summed E-state index contributed by atoms with van der Waals surface area (Å²) in [4.78, 5) is 48.5. The van der Waals surface area contributed by atoms with Crippen molar-refractivity contribution in [3.8, 4) is 0 Å². The van der Waals surface area contributed by atoms with Gasteiger partial charge in [0.05, 0.1) is 11.3 Å². The topological polar surface area (TPSA) is 92.8 Å². The molecular weight excluding hydrogens is 374 g/mol. The number of hydrogen-bond donors (Lipinski definition) is 1. The molecule has 28 heavy (non-hydrogen) atoms. The van der Waals surface area contributed by atoms with E-state index >= 15 is 0 Å². The lowest BCUT2D eigenvalue weighted by atomic mass is 10.2. The van der Waals surface area contributed by atoms with Gasteiger partial charge in [0.25, 0.3) is 5.91 Å². The van der Waals surface area contributed by atoms with E-state index in [1.807, 2.05) is 0 Å². The standard InChI is InChI=1S/C19H14F2N2O5/c20-12-7-13(21)9-14(8-12)22-16(24)10-28-19(27)11-2-1-3-15(6-11)23-17(25)4-5-18(23)26/h1-3,6-9H,4-5,10H2,(H,22,24). The highest BCUT2D eigenvalue weighted by Crippen LogP contribution is 2.23. The molecular formula is C19H14F2N2O5. The average molecular weight is 388 g/mol. The number of nitrogens with zero attached hydrogens (tertiary/aromatic N) is 1. The molecule has 0 aromatic heterocycles.